The van der Waals surface area contributed by atoms with Gasteiger partial charge in [0.15, 0.2) is 5.78 Å². The van der Waals surface area contributed by atoms with Gasteiger partial charge in [-0.2, -0.15) is 0 Å². The Balaban J connectivity index is 2.89. The fourth-order valence-corrected chi connectivity index (χ4v) is 2.07. The Labute approximate surface area is 108 Å². The van der Waals surface area contributed by atoms with Crippen LogP contribution in [0.15, 0.2) is 25.3 Å². The fraction of sp³-hybridized carbons (Fsp3) is 0.571. The van der Waals surface area contributed by atoms with E-state index in [0.29, 0.717) is 19.4 Å². The number of carbonyl (C=O) groups is 2. The third-order valence-electron chi connectivity index (χ3n) is 3.01. The number of rotatable bonds is 4. The molecule has 0 saturated carbocycles. The molecule has 1 aliphatic heterocycles. The van der Waals surface area contributed by atoms with Crippen LogP contribution in [0.3, 0.4) is 0 Å². The number of likely N-dealkylation sites (tertiary alicyclic amines) is 1. The minimum Gasteiger partial charge on any atom is -0.444 e. The van der Waals surface area contributed by atoms with Crippen LogP contribution in [0.1, 0.15) is 33.6 Å². The van der Waals surface area contributed by atoms with Crippen LogP contribution in [0, 0.1) is 0 Å². The van der Waals surface area contributed by atoms with E-state index in [4.69, 9.17) is 4.74 Å². The van der Waals surface area contributed by atoms with Gasteiger partial charge in [-0.1, -0.05) is 12.7 Å². The summed E-state index contributed by atoms with van der Waals surface area (Å²) in [6, 6.07) is 0. The maximum absolute atomic E-state index is 12.0. The second kappa shape index (κ2) is 4.96. The molecule has 0 aromatic carbocycles. The summed E-state index contributed by atoms with van der Waals surface area (Å²) in [6.45, 7) is 13.1. The van der Waals surface area contributed by atoms with Gasteiger partial charge in [-0.05, 0) is 39.7 Å². The SMILES string of the molecule is C=CCC1(C(=O)C=C)CCN1C(=O)OC(C)(C)C. The number of ketones is 1. The highest BCUT2D eigenvalue weighted by molar-refractivity contribution is 6.00. The average Bonchev–Trinajstić information content (AvgIpc) is 2.20. The van der Waals surface area contributed by atoms with Gasteiger partial charge in [0.1, 0.15) is 11.1 Å². The summed E-state index contributed by atoms with van der Waals surface area (Å²) >= 11 is 0. The van der Waals surface area contributed by atoms with Gasteiger partial charge in [0.25, 0.3) is 0 Å². The van der Waals surface area contributed by atoms with Crippen LogP contribution in [0.4, 0.5) is 4.79 Å². The number of nitrogens with zero attached hydrogens (tertiary/aromatic N) is 1. The Bertz CT molecular complexity index is 381. The van der Waals surface area contributed by atoms with Crippen molar-refractivity contribution < 1.29 is 14.3 Å². The van der Waals surface area contributed by atoms with E-state index in [1.165, 1.54) is 11.0 Å². The van der Waals surface area contributed by atoms with E-state index < -0.39 is 17.2 Å². The molecular weight excluding hydrogens is 230 g/mol. The molecule has 1 atom stereocenters. The lowest BCUT2D eigenvalue weighted by Gasteiger charge is -2.50. The average molecular weight is 251 g/mol. The highest BCUT2D eigenvalue weighted by Gasteiger charge is 2.52. The molecule has 100 valence electrons. The van der Waals surface area contributed by atoms with Crippen molar-refractivity contribution in [3.8, 4) is 0 Å². The number of hydrogen-bond acceptors (Lipinski definition) is 3. The molecule has 0 N–H and O–H groups in total. The highest BCUT2D eigenvalue weighted by atomic mass is 16.6. The lowest BCUT2D eigenvalue weighted by Crippen LogP contribution is -2.66. The van der Waals surface area contributed by atoms with Gasteiger partial charge in [-0.25, -0.2) is 4.79 Å². The molecule has 1 amide bonds. The Morgan fingerprint density at radius 3 is 2.33 bits per heavy atom. The Morgan fingerprint density at radius 2 is 2.00 bits per heavy atom. The summed E-state index contributed by atoms with van der Waals surface area (Å²) in [5.74, 6) is -0.153. The Morgan fingerprint density at radius 1 is 1.39 bits per heavy atom. The molecule has 0 aliphatic carbocycles. The maximum Gasteiger partial charge on any atom is 0.411 e. The van der Waals surface area contributed by atoms with Gasteiger partial charge < -0.3 is 4.74 Å². The van der Waals surface area contributed by atoms with Crippen LogP contribution < -0.4 is 0 Å². The van der Waals surface area contributed by atoms with E-state index in [1.807, 2.05) is 0 Å². The van der Waals surface area contributed by atoms with Crippen LogP contribution in [0.5, 0.6) is 0 Å². The van der Waals surface area contributed by atoms with E-state index in [0.717, 1.165) is 0 Å². The Hall–Kier alpha value is -1.58. The molecule has 0 bridgehead atoms. The number of hydrogen-bond donors (Lipinski definition) is 0. The predicted molar refractivity (Wildman–Crippen MR) is 70.3 cm³/mol. The third-order valence-corrected chi connectivity index (χ3v) is 3.01. The van der Waals surface area contributed by atoms with Crippen molar-refractivity contribution in [2.45, 2.75) is 44.8 Å². The summed E-state index contributed by atoms with van der Waals surface area (Å²) in [4.78, 5) is 25.5. The molecule has 0 aromatic heterocycles. The molecule has 0 aromatic rings. The summed E-state index contributed by atoms with van der Waals surface area (Å²) < 4.78 is 5.30. The molecule has 18 heavy (non-hydrogen) atoms. The second-order valence-corrected chi connectivity index (χ2v) is 5.47. The van der Waals surface area contributed by atoms with E-state index in [2.05, 4.69) is 13.2 Å². The maximum atomic E-state index is 12.0. The summed E-state index contributed by atoms with van der Waals surface area (Å²) in [5.41, 5.74) is -1.39. The first-order valence-electron chi connectivity index (χ1n) is 6.05. The number of ether oxygens (including phenoxy) is 1. The predicted octanol–water partition coefficient (Wildman–Crippen LogP) is 2.70. The van der Waals surface area contributed by atoms with Crippen molar-refractivity contribution >= 4 is 11.9 Å². The van der Waals surface area contributed by atoms with Crippen molar-refractivity contribution in [1.29, 1.82) is 0 Å². The van der Waals surface area contributed by atoms with Crippen molar-refractivity contribution in [3.05, 3.63) is 25.3 Å². The van der Waals surface area contributed by atoms with E-state index in [1.54, 1.807) is 26.8 Å². The van der Waals surface area contributed by atoms with E-state index in [9.17, 15) is 9.59 Å². The number of amides is 1. The molecule has 1 rings (SSSR count). The third kappa shape index (κ3) is 2.63. The van der Waals surface area contributed by atoms with Crippen molar-refractivity contribution in [2.24, 2.45) is 0 Å². The second-order valence-electron chi connectivity index (χ2n) is 5.47. The first-order chi connectivity index (χ1) is 8.27. The molecule has 4 heteroatoms. The molecule has 4 nitrogen and oxygen atoms in total. The van der Waals surface area contributed by atoms with Crippen LogP contribution in [0.25, 0.3) is 0 Å². The minimum atomic E-state index is -0.828. The standard InChI is InChI=1S/C14H21NO3/c1-6-8-14(11(16)7-2)9-10-15(14)12(17)18-13(3,4)5/h6-7H,1-2,8-10H2,3-5H3. The van der Waals surface area contributed by atoms with E-state index in [-0.39, 0.29) is 5.78 Å². The van der Waals surface area contributed by atoms with Gasteiger partial charge >= 0.3 is 6.09 Å². The first kappa shape index (κ1) is 14.5. The smallest absolute Gasteiger partial charge is 0.411 e. The van der Waals surface area contributed by atoms with Gasteiger partial charge in [0.05, 0.1) is 0 Å². The molecule has 1 aliphatic rings. The van der Waals surface area contributed by atoms with Crippen molar-refractivity contribution in [2.75, 3.05) is 6.54 Å². The lowest BCUT2D eigenvalue weighted by atomic mass is 9.78. The number of carbonyl (C=O) groups excluding carboxylic acids is 2. The van der Waals surface area contributed by atoms with Crippen LogP contribution in [-0.2, 0) is 9.53 Å². The zero-order chi connectivity index (χ0) is 14.0. The quantitative estimate of drug-likeness (QED) is 0.570. The monoisotopic (exact) mass is 251 g/mol. The summed E-state index contributed by atoms with van der Waals surface area (Å²) in [5, 5.41) is 0. The Kier molecular flexibility index (Phi) is 3.99. The van der Waals surface area contributed by atoms with Gasteiger partial charge in [0.2, 0.25) is 0 Å². The van der Waals surface area contributed by atoms with E-state index >= 15 is 0 Å². The highest BCUT2D eigenvalue weighted by Crippen LogP contribution is 2.36. The van der Waals surface area contributed by atoms with Crippen LogP contribution >= 0.6 is 0 Å². The largest absolute Gasteiger partial charge is 0.444 e. The molecule has 1 unspecified atom stereocenters. The minimum absolute atomic E-state index is 0.153. The van der Waals surface area contributed by atoms with Crippen LogP contribution in [0.2, 0.25) is 0 Å². The molecule has 1 heterocycles. The zero-order valence-electron chi connectivity index (χ0n) is 11.4. The van der Waals surface area contributed by atoms with Crippen LogP contribution in [-0.4, -0.2) is 34.5 Å². The summed E-state index contributed by atoms with van der Waals surface area (Å²) in [6.07, 6.45) is 3.52. The van der Waals surface area contributed by atoms with Gasteiger partial charge in [-0.15, -0.1) is 6.58 Å². The van der Waals surface area contributed by atoms with Gasteiger partial charge in [0, 0.05) is 6.54 Å². The van der Waals surface area contributed by atoms with Crippen molar-refractivity contribution in [3.63, 3.8) is 0 Å². The zero-order valence-corrected chi connectivity index (χ0v) is 11.4. The first-order valence-corrected chi connectivity index (χ1v) is 6.05. The molecule has 0 spiro atoms. The van der Waals surface area contributed by atoms with Crippen molar-refractivity contribution in [1.82, 2.24) is 4.90 Å². The normalized spacial score (nSPS) is 22.9. The molecule has 1 fully saturated rings. The molecule has 0 radical (unpaired) electrons. The fourth-order valence-electron chi connectivity index (χ4n) is 2.07. The van der Waals surface area contributed by atoms with Gasteiger partial charge in [-0.3, -0.25) is 9.69 Å². The topological polar surface area (TPSA) is 46.6 Å². The lowest BCUT2D eigenvalue weighted by molar-refractivity contribution is -0.134. The molecule has 1 saturated heterocycles. The molecular formula is C14H21NO3. The summed E-state index contributed by atoms with van der Waals surface area (Å²) in [7, 11) is 0.